The molecule has 3 rings (SSSR count). The molecule has 1 aliphatic rings. The summed E-state index contributed by atoms with van der Waals surface area (Å²) in [5.41, 5.74) is 0. The fourth-order valence-corrected chi connectivity index (χ4v) is 4.05. The van der Waals surface area contributed by atoms with Crippen LogP contribution in [0, 0.1) is 6.92 Å². The van der Waals surface area contributed by atoms with Crippen molar-refractivity contribution < 1.29 is 17.6 Å². The van der Waals surface area contributed by atoms with E-state index in [2.05, 4.69) is 9.71 Å². The number of likely N-dealkylation sites (tertiary alicyclic amines) is 1. The molecule has 2 aromatic rings. The monoisotopic (exact) mass is 352 g/mol. The zero-order chi connectivity index (χ0) is 17.3. The highest BCUT2D eigenvalue weighted by atomic mass is 32.2. The van der Waals surface area contributed by atoms with Crippen LogP contribution in [0.3, 0.4) is 0 Å². The molecule has 1 saturated heterocycles. The molecular weight excluding hydrogens is 332 g/mol. The van der Waals surface area contributed by atoms with Gasteiger partial charge in [0.2, 0.25) is 0 Å². The first-order valence-corrected chi connectivity index (χ1v) is 9.20. The molecule has 1 aliphatic heterocycles. The van der Waals surface area contributed by atoms with Gasteiger partial charge in [0.15, 0.2) is 10.8 Å². The summed E-state index contributed by atoms with van der Waals surface area (Å²) in [6, 6.07) is 2.91. The van der Waals surface area contributed by atoms with E-state index in [0.717, 1.165) is 6.42 Å². The van der Waals surface area contributed by atoms with Crippen molar-refractivity contribution in [3.8, 4) is 0 Å². The second-order valence-corrected chi connectivity index (χ2v) is 7.59. The van der Waals surface area contributed by atoms with E-state index in [1.54, 1.807) is 35.6 Å². The fourth-order valence-electron chi connectivity index (χ4n) is 2.75. The molecule has 0 bridgehead atoms. The molecular formula is C15H20N4O4S. The number of hydrogen-bond acceptors (Lipinski definition) is 5. The van der Waals surface area contributed by atoms with Crippen molar-refractivity contribution in [1.82, 2.24) is 19.2 Å². The van der Waals surface area contributed by atoms with E-state index >= 15 is 0 Å². The molecule has 0 spiro atoms. The molecule has 9 heteroatoms. The largest absolute Gasteiger partial charge is 0.459 e. The van der Waals surface area contributed by atoms with Crippen LogP contribution in [0.15, 0.2) is 34.0 Å². The molecule has 1 atom stereocenters. The van der Waals surface area contributed by atoms with Crippen molar-refractivity contribution in [3.05, 3.63) is 36.2 Å². The Morgan fingerprint density at radius 2 is 2.25 bits per heavy atom. The van der Waals surface area contributed by atoms with Crippen LogP contribution in [-0.2, 0) is 17.1 Å². The number of rotatable bonds is 4. The van der Waals surface area contributed by atoms with Crippen LogP contribution < -0.4 is 4.72 Å². The molecule has 1 N–H and O–H groups in total. The molecule has 130 valence electrons. The van der Waals surface area contributed by atoms with Crippen LogP contribution in [0.5, 0.6) is 0 Å². The highest BCUT2D eigenvalue weighted by Crippen LogP contribution is 2.16. The van der Waals surface area contributed by atoms with Gasteiger partial charge in [-0.1, -0.05) is 0 Å². The van der Waals surface area contributed by atoms with Gasteiger partial charge in [-0.3, -0.25) is 4.79 Å². The summed E-state index contributed by atoms with van der Waals surface area (Å²) in [5, 5.41) is -0.00279. The van der Waals surface area contributed by atoms with E-state index in [4.69, 9.17) is 4.42 Å². The van der Waals surface area contributed by atoms with Crippen LogP contribution >= 0.6 is 0 Å². The minimum atomic E-state index is -3.71. The maximum Gasteiger partial charge on any atom is 0.289 e. The number of sulfonamides is 1. The van der Waals surface area contributed by atoms with Gasteiger partial charge in [0.1, 0.15) is 5.82 Å². The minimum Gasteiger partial charge on any atom is -0.459 e. The number of nitrogens with one attached hydrogen (secondary N) is 1. The van der Waals surface area contributed by atoms with E-state index in [-0.39, 0.29) is 22.7 Å². The smallest absolute Gasteiger partial charge is 0.289 e. The summed E-state index contributed by atoms with van der Waals surface area (Å²) in [4.78, 5) is 18.0. The Bertz CT molecular complexity index is 806. The topological polar surface area (TPSA) is 97.4 Å². The van der Waals surface area contributed by atoms with Crippen LogP contribution in [0.1, 0.15) is 29.2 Å². The van der Waals surface area contributed by atoms with Crippen LogP contribution in [0.2, 0.25) is 0 Å². The number of imidazole rings is 1. The van der Waals surface area contributed by atoms with Crippen molar-refractivity contribution >= 4 is 15.9 Å². The first kappa shape index (κ1) is 16.7. The predicted molar refractivity (Wildman–Crippen MR) is 85.9 cm³/mol. The van der Waals surface area contributed by atoms with Gasteiger partial charge in [-0.2, -0.15) is 0 Å². The second kappa shape index (κ2) is 6.40. The van der Waals surface area contributed by atoms with E-state index in [1.165, 1.54) is 12.5 Å². The average Bonchev–Trinajstić information content (AvgIpc) is 3.17. The lowest BCUT2D eigenvalue weighted by Gasteiger charge is -2.32. The van der Waals surface area contributed by atoms with E-state index < -0.39 is 10.0 Å². The van der Waals surface area contributed by atoms with Gasteiger partial charge in [0.05, 0.1) is 6.26 Å². The number of piperidine rings is 1. The van der Waals surface area contributed by atoms with E-state index in [9.17, 15) is 13.2 Å². The first-order valence-electron chi connectivity index (χ1n) is 7.72. The predicted octanol–water partition coefficient (Wildman–Crippen LogP) is 0.905. The molecule has 0 aromatic carbocycles. The molecule has 1 amide bonds. The summed E-state index contributed by atoms with van der Waals surface area (Å²) in [6.07, 6.45) is 4.32. The summed E-state index contributed by atoms with van der Waals surface area (Å²) in [7, 11) is -1.97. The van der Waals surface area contributed by atoms with Gasteiger partial charge in [-0.05, 0) is 31.9 Å². The number of furan rings is 1. The lowest BCUT2D eigenvalue weighted by molar-refractivity contribution is 0.0671. The average molecular weight is 352 g/mol. The van der Waals surface area contributed by atoms with Gasteiger partial charge in [0.25, 0.3) is 15.9 Å². The van der Waals surface area contributed by atoms with Crippen molar-refractivity contribution in [2.45, 2.75) is 30.8 Å². The summed E-state index contributed by atoms with van der Waals surface area (Å²) in [6.45, 7) is 2.63. The van der Waals surface area contributed by atoms with Crippen molar-refractivity contribution in [3.63, 3.8) is 0 Å². The molecule has 0 saturated carbocycles. The Balaban J connectivity index is 1.70. The number of carbonyl (C=O) groups is 1. The second-order valence-electron chi connectivity index (χ2n) is 5.93. The normalized spacial score (nSPS) is 18.8. The molecule has 2 aromatic heterocycles. The standard InChI is InChI=1S/C15H20N4O4S/c1-11-16-14(10-18(11)2)24(21,22)17-12-5-3-7-19(9-12)15(20)13-6-4-8-23-13/h4,6,8,10,12,17H,3,5,7,9H2,1-2H3. The highest BCUT2D eigenvalue weighted by molar-refractivity contribution is 7.89. The third-order valence-corrected chi connectivity index (χ3v) is 5.52. The van der Waals surface area contributed by atoms with Gasteiger partial charge >= 0.3 is 0 Å². The number of nitrogens with zero attached hydrogens (tertiary/aromatic N) is 3. The SMILES string of the molecule is Cc1nc(S(=O)(=O)NC2CCCN(C(=O)c3ccco3)C2)cn1C. The summed E-state index contributed by atoms with van der Waals surface area (Å²) in [5.74, 6) is 0.657. The maximum absolute atomic E-state index is 12.5. The quantitative estimate of drug-likeness (QED) is 0.882. The number of aromatic nitrogens is 2. The molecule has 1 unspecified atom stereocenters. The van der Waals surface area contributed by atoms with Crippen molar-refractivity contribution in [2.24, 2.45) is 7.05 Å². The summed E-state index contributed by atoms with van der Waals surface area (Å²) < 4.78 is 34.4. The van der Waals surface area contributed by atoms with Crippen LogP contribution in [0.4, 0.5) is 0 Å². The molecule has 1 fully saturated rings. The van der Waals surface area contributed by atoms with Crippen LogP contribution in [0.25, 0.3) is 0 Å². The van der Waals surface area contributed by atoms with Crippen molar-refractivity contribution in [1.29, 1.82) is 0 Å². The van der Waals surface area contributed by atoms with Gasteiger partial charge in [-0.15, -0.1) is 0 Å². The number of hydrogen-bond donors (Lipinski definition) is 1. The number of carbonyl (C=O) groups excluding carboxylic acids is 1. The molecule has 3 heterocycles. The zero-order valence-electron chi connectivity index (χ0n) is 13.6. The Labute approximate surface area is 140 Å². The summed E-state index contributed by atoms with van der Waals surface area (Å²) >= 11 is 0. The van der Waals surface area contributed by atoms with Gasteiger partial charge in [-0.25, -0.2) is 18.1 Å². The van der Waals surface area contributed by atoms with Crippen molar-refractivity contribution in [2.75, 3.05) is 13.1 Å². The highest BCUT2D eigenvalue weighted by Gasteiger charge is 2.30. The third kappa shape index (κ3) is 3.36. The van der Waals surface area contributed by atoms with E-state index in [1.807, 2.05) is 0 Å². The lowest BCUT2D eigenvalue weighted by Crippen LogP contribution is -2.49. The number of aryl methyl sites for hydroxylation is 2. The first-order chi connectivity index (χ1) is 11.4. The van der Waals surface area contributed by atoms with Crippen LogP contribution in [-0.4, -0.2) is 47.9 Å². The third-order valence-electron chi connectivity index (χ3n) is 4.12. The Hall–Kier alpha value is -2.13. The molecule has 24 heavy (non-hydrogen) atoms. The minimum absolute atomic E-state index is 0.00279. The fraction of sp³-hybridized carbons (Fsp3) is 0.467. The maximum atomic E-state index is 12.5. The van der Waals surface area contributed by atoms with Gasteiger partial charge < -0.3 is 13.9 Å². The Kier molecular flexibility index (Phi) is 4.46. The lowest BCUT2D eigenvalue weighted by atomic mass is 10.1. The molecule has 8 nitrogen and oxygen atoms in total. The number of amides is 1. The van der Waals surface area contributed by atoms with Gasteiger partial charge in [0, 0.05) is 32.4 Å². The Morgan fingerprint density at radius 3 is 2.88 bits per heavy atom. The molecule has 0 aliphatic carbocycles. The molecule has 0 radical (unpaired) electrons. The zero-order valence-corrected chi connectivity index (χ0v) is 14.4. The van der Waals surface area contributed by atoms with E-state index in [0.29, 0.717) is 25.3 Å². The Morgan fingerprint density at radius 1 is 1.46 bits per heavy atom.